The average Bonchev–Trinajstić information content (AvgIpc) is 2.65. The highest BCUT2D eigenvalue weighted by atomic mass is 35.5. The summed E-state index contributed by atoms with van der Waals surface area (Å²) in [6.07, 6.45) is 5.52. The molecule has 22 heavy (non-hydrogen) atoms. The van der Waals surface area contributed by atoms with Gasteiger partial charge in [-0.3, -0.25) is 0 Å². The van der Waals surface area contributed by atoms with E-state index in [0.29, 0.717) is 11.1 Å². The van der Waals surface area contributed by atoms with Crippen LogP contribution >= 0.6 is 11.6 Å². The second kappa shape index (κ2) is 7.32. The number of aromatic nitrogens is 1. The second-order valence-corrected chi connectivity index (χ2v) is 7.28. The van der Waals surface area contributed by atoms with Crippen LogP contribution in [0.25, 0.3) is 0 Å². The van der Waals surface area contributed by atoms with Gasteiger partial charge in [0.05, 0.1) is 0 Å². The Labute approximate surface area is 137 Å². The van der Waals surface area contributed by atoms with Gasteiger partial charge in [-0.15, -0.1) is 0 Å². The number of ether oxygens (including phenoxy) is 1. The van der Waals surface area contributed by atoms with E-state index in [-0.39, 0.29) is 6.09 Å². The molecule has 0 aliphatic carbocycles. The number of nitrogens with zero attached hydrogens (tertiary/aromatic N) is 2. The number of carbonyl (C=O) groups excluding carboxylic acids is 1. The third kappa shape index (κ3) is 5.16. The Bertz CT molecular complexity index is 514. The van der Waals surface area contributed by atoms with Crippen molar-refractivity contribution in [2.45, 2.75) is 52.1 Å². The highest BCUT2D eigenvalue weighted by Crippen LogP contribution is 2.25. The number of amides is 1. The van der Waals surface area contributed by atoms with Gasteiger partial charge in [0.25, 0.3) is 0 Å². The SMILES string of the molecule is CC(C)(C)OC(=O)N1CCCC(Cc2cccnc2Cl)CC1. The normalized spacial score (nSPS) is 19.6. The summed E-state index contributed by atoms with van der Waals surface area (Å²) >= 11 is 6.14. The van der Waals surface area contributed by atoms with Crippen molar-refractivity contribution in [2.24, 2.45) is 5.92 Å². The molecule has 1 aromatic heterocycles. The van der Waals surface area contributed by atoms with Crippen molar-refractivity contribution in [3.05, 3.63) is 29.0 Å². The zero-order valence-corrected chi connectivity index (χ0v) is 14.4. The molecule has 1 unspecified atom stereocenters. The van der Waals surface area contributed by atoms with E-state index < -0.39 is 5.60 Å². The first kappa shape index (κ1) is 17.1. The Morgan fingerprint density at radius 3 is 2.86 bits per heavy atom. The molecule has 1 aromatic rings. The van der Waals surface area contributed by atoms with Crippen molar-refractivity contribution in [3.8, 4) is 0 Å². The van der Waals surface area contributed by atoms with Gasteiger partial charge in [0, 0.05) is 19.3 Å². The van der Waals surface area contributed by atoms with Gasteiger partial charge in [0.2, 0.25) is 0 Å². The third-order valence-corrected chi connectivity index (χ3v) is 4.18. The summed E-state index contributed by atoms with van der Waals surface area (Å²) in [4.78, 5) is 18.1. The average molecular weight is 325 g/mol. The van der Waals surface area contributed by atoms with Crippen molar-refractivity contribution in [1.29, 1.82) is 0 Å². The van der Waals surface area contributed by atoms with Crippen molar-refractivity contribution >= 4 is 17.7 Å². The van der Waals surface area contributed by atoms with Crippen molar-refractivity contribution in [3.63, 3.8) is 0 Å². The number of rotatable bonds is 2. The van der Waals surface area contributed by atoms with Crippen LogP contribution in [0.1, 0.15) is 45.6 Å². The first-order chi connectivity index (χ1) is 10.3. The summed E-state index contributed by atoms with van der Waals surface area (Å²) in [6, 6.07) is 3.96. The Kier molecular flexibility index (Phi) is 5.68. The lowest BCUT2D eigenvalue weighted by Gasteiger charge is -2.26. The summed E-state index contributed by atoms with van der Waals surface area (Å²) < 4.78 is 5.46. The minimum absolute atomic E-state index is 0.201. The number of halogens is 1. The number of carbonyl (C=O) groups is 1. The standard InChI is InChI=1S/C17H25ClN2O2/c1-17(2,3)22-16(21)20-10-5-6-13(8-11-20)12-14-7-4-9-19-15(14)18/h4,7,9,13H,5-6,8,10-12H2,1-3H3. The van der Waals surface area contributed by atoms with Gasteiger partial charge in [-0.05, 0) is 64.0 Å². The van der Waals surface area contributed by atoms with Crippen LogP contribution in [-0.4, -0.2) is 34.7 Å². The van der Waals surface area contributed by atoms with Gasteiger partial charge >= 0.3 is 6.09 Å². The molecule has 0 saturated carbocycles. The number of hydrogen-bond acceptors (Lipinski definition) is 3. The molecule has 5 heteroatoms. The van der Waals surface area contributed by atoms with Gasteiger partial charge in [0.1, 0.15) is 10.8 Å². The number of hydrogen-bond donors (Lipinski definition) is 0. The first-order valence-electron chi connectivity index (χ1n) is 7.92. The molecular weight excluding hydrogens is 300 g/mol. The molecule has 1 amide bonds. The molecule has 122 valence electrons. The van der Waals surface area contributed by atoms with Crippen LogP contribution < -0.4 is 0 Å². The maximum atomic E-state index is 12.2. The molecule has 0 aromatic carbocycles. The van der Waals surface area contributed by atoms with Crippen LogP contribution in [0.15, 0.2) is 18.3 Å². The van der Waals surface area contributed by atoms with Crippen LogP contribution in [0.4, 0.5) is 4.79 Å². The molecule has 0 bridgehead atoms. The Balaban J connectivity index is 1.90. The first-order valence-corrected chi connectivity index (χ1v) is 8.30. The molecule has 1 aliphatic rings. The largest absolute Gasteiger partial charge is 0.444 e. The molecule has 1 fully saturated rings. The number of likely N-dealkylation sites (tertiary alicyclic amines) is 1. The molecule has 2 rings (SSSR count). The summed E-state index contributed by atoms with van der Waals surface area (Å²) in [7, 11) is 0. The monoisotopic (exact) mass is 324 g/mol. The van der Waals surface area contributed by atoms with E-state index in [1.54, 1.807) is 6.20 Å². The van der Waals surface area contributed by atoms with E-state index in [2.05, 4.69) is 4.98 Å². The highest BCUT2D eigenvalue weighted by molar-refractivity contribution is 6.30. The molecule has 0 spiro atoms. The summed E-state index contributed by atoms with van der Waals surface area (Å²) in [5.74, 6) is 0.536. The van der Waals surface area contributed by atoms with Crippen LogP contribution in [-0.2, 0) is 11.2 Å². The predicted molar refractivity (Wildman–Crippen MR) is 88.1 cm³/mol. The fourth-order valence-corrected chi connectivity index (χ4v) is 2.96. The molecule has 0 radical (unpaired) electrons. The molecule has 4 nitrogen and oxygen atoms in total. The van der Waals surface area contributed by atoms with Gasteiger partial charge in [-0.25, -0.2) is 9.78 Å². The van der Waals surface area contributed by atoms with Crippen molar-refractivity contribution in [1.82, 2.24) is 9.88 Å². The van der Waals surface area contributed by atoms with Crippen LogP contribution in [0.5, 0.6) is 0 Å². The second-order valence-electron chi connectivity index (χ2n) is 6.92. The van der Waals surface area contributed by atoms with E-state index in [0.717, 1.165) is 44.3 Å². The minimum atomic E-state index is -0.438. The molecule has 1 aliphatic heterocycles. The Morgan fingerprint density at radius 1 is 1.41 bits per heavy atom. The van der Waals surface area contributed by atoms with Crippen LogP contribution in [0.2, 0.25) is 5.15 Å². The van der Waals surface area contributed by atoms with E-state index >= 15 is 0 Å². The fraction of sp³-hybridized carbons (Fsp3) is 0.647. The maximum absolute atomic E-state index is 12.2. The summed E-state index contributed by atoms with van der Waals surface area (Å²) in [6.45, 7) is 7.21. The predicted octanol–water partition coefficient (Wildman–Crippen LogP) is 4.31. The Hall–Kier alpha value is -1.29. The minimum Gasteiger partial charge on any atom is -0.444 e. The topological polar surface area (TPSA) is 42.4 Å². The third-order valence-electron chi connectivity index (χ3n) is 3.84. The summed E-state index contributed by atoms with van der Waals surface area (Å²) in [5, 5.41) is 0.593. The molecule has 2 heterocycles. The number of pyridine rings is 1. The van der Waals surface area contributed by atoms with Crippen molar-refractivity contribution < 1.29 is 9.53 Å². The highest BCUT2D eigenvalue weighted by Gasteiger charge is 2.25. The maximum Gasteiger partial charge on any atom is 0.410 e. The quantitative estimate of drug-likeness (QED) is 0.761. The zero-order chi connectivity index (χ0) is 16.2. The van der Waals surface area contributed by atoms with Gasteiger partial charge in [0.15, 0.2) is 0 Å². The smallest absolute Gasteiger partial charge is 0.410 e. The zero-order valence-electron chi connectivity index (χ0n) is 13.6. The van der Waals surface area contributed by atoms with Crippen LogP contribution in [0, 0.1) is 5.92 Å². The molecule has 0 N–H and O–H groups in total. The molecule has 1 saturated heterocycles. The van der Waals surface area contributed by atoms with E-state index in [1.807, 2.05) is 37.8 Å². The van der Waals surface area contributed by atoms with Gasteiger partial charge in [-0.1, -0.05) is 17.7 Å². The lowest BCUT2D eigenvalue weighted by atomic mass is 9.93. The lowest BCUT2D eigenvalue weighted by molar-refractivity contribution is 0.0255. The van der Waals surface area contributed by atoms with Crippen molar-refractivity contribution in [2.75, 3.05) is 13.1 Å². The van der Waals surface area contributed by atoms with E-state index in [9.17, 15) is 4.79 Å². The molecular formula is C17H25ClN2O2. The molecule has 1 atom stereocenters. The fourth-order valence-electron chi connectivity index (χ4n) is 2.76. The van der Waals surface area contributed by atoms with E-state index in [4.69, 9.17) is 16.3 Å². The lowest BCUT2D eigenvalue weighted by Crippen LogP contribution is -2.37. The van der Waals surface area contributed by atoms with E-state index in [1.165, 1.54) is 0 Å². The van der Waals surface area contributed by atoms with Gasteiger partial charge in [-0.2, -0.15) is 0 Å². The summed E-state index contributed by atoms with van der Waals surface area (Å²) in [5.41, 5.74) is 0.659. The Morgan fingerprint density at radius 2 is 2.18 bits per heavy atom. The van der Waals surface area contributed by atoms with Crippen LogP contribution in [0.3, 0.4) is 0 Å². The van der Waals surface area contributed by atoms with Gasteiger partial charge < -0.3 is 9.64 Å².